The molecule has 7 nitrogen and oxygen atoms in total. The highest BCUT2D eigenvalue weighted by Crippen LogP contribution is 2.37. The number of benzene rings is 2. The lowest BCUT2D eigenvalue weighted by Gasteiger charge is -2.28. The van der Waals surface area contributed by atoms with E-state index in [2.05, 4.69) is 9.88 Å². The summed E-state index contributed by atoms with van der Waals surface area (Å²) in [6.07, 6.45) is 0.822. The van der Waals surface area contributed by atoms with Gasteiger partial charge in [-0.25, -0.2) is 4.79 Å². The molecule has 4 rings (SSSR count). The van der Waals surface area contributed by atoms with E-state index < -0.39 is 17.5 Å². The molecule has 36 heavy (non-hydrogen) atoms. The molecule has 1 N–H and O–H groups in total. The topological polar surface area (TPSA) is 80.6 Å². The molecule has 3 aromatic rings. The van der Waals surface area contributed by atoms with Gasteiger partial charge in [0.15, 0.2) is 11.3 Å². The molecular formula is C29H33N3O4. The number of nitrogens with one attached hydrogen (secondary N) is 1. The summed E-state index contributed by atoms with van der Waals surface area (Å²) in [5, 5.41) is 2.94. The number of nitrogens with zero attached hydrogens (tertiary/aromatic N) is 2. The summed E-state index contributed by atoms with van der Waals surface area (Å²) < 4.78 is 7.22. The third kappa shape index (κ3) is 4.35. The normalized spacial score (nSPS) is 17.5. The highest BCUT2D eigenvalue weighted by atomic mass is 16.5. The fourth-order valence-corrected chi connectivity index (χ4v) is 4.96. The molecule has 1 unspecified atom stereocenters. The number of methoxy groups -OCH3 is 1. The summed E-state index contributed by atoms with van der Waals surface area (Å²) in [5.74, 6) is -0.724. The minimum Gasteiger partial charge on any atom is -0.385 e. The van der Waals surface area contributed by atoms with Gasteiger partial charge >= 0.3 is 6.03 Å². The molecule has 1 saturated heterocycles. The predicted molar refractivity (Wildman–Crippen MR) is 138 cm³/mol. The first-order chi connectivity index (χ1) is 17.2. The molecule has 1 aromatic heterocycles. The number of Topliss-reactive ketones (excluding diaryl/α,β-unsaturated/α-hetero) is 1. The van der Waals surface area contributed by atoms with E-state index in [1.54, 1.807) is 7.11 Å². The Morgan fingerprint density at radius 2 is 1.67 bits per heavy atom. The molecule has 2 heterocycles. The molecule has 2 aromatic carbocycles. The van der Waals surface area contributed by atoms with Gasteiger partial charge in [0.25, 0.3) is 5.91 Å². The lowest BCUT2D eigenvalue weighted by Crippen LogP contribution is -2.45. The maximum Gasteiger partial charge on any atom is 0.325 e. The number of amides is 3. The van der Waals surface area contributed by atoms with Gasteiger partial charge in [0.05, 0.1) is 6.54 Å². The number of carbonyl (C=O) groups is 3. The zero-order valence-electron chi connectivity index (χ0n) is 21.6. The molecule has 1 atom stereocenters. The van der Waals surface area contributed by atoms with Gasteiger partial charge in [0, 0.05) is 37.2 Å². The fourth-order valence-electron chi connectivity index (χ4n) is 4.96. The minimum absolute atomic E-state index is 0.270. The number of carbonyl (C=O) groups excluding carboxylic acids is 3. The summed E-state index contributed by atoms with van der Waals surface area (Å²) in [7, 11) is 1.66. The molecule has 188 valence electrons. The SMILES string of the molecule is COCCCn1c(C)cc(C(=O)CN2C(=O)NC(c3ccccc3)(c3ccc(C)c(C)c3)C2=O)c1C. The van der Waals surface area contributed by atoms with Gasteiger partial charge in [-0.05, 0) is 62.4 Å². The quantitative estimate of drug-likeness (QED) is 0.275. The summed E-state index contributed by atoms with van der Waals surface area (Å²) in [4.78, 5) is 41.6. The Morgan fingerprint density at radius 1 is 0.944 bits per heavy atom. The van der Waals surface area contributed by atoms with Crippen molar-refractivity contribution in [3.63, 3.8) is 0 Å². The molecule has 0 saturated carbocycles. The van der Waals surface area contributed by atoms with Crippen molar-refractivity contribution >= 4 is 17.7 Å². The summed E-state index contributed by atoms with van der Waals surface area (Å²) in [6, 6.07) is 16.2. The number of hydrogen-bond acceptors (Lipinski definition) is 4. The average Bonchev–Trinajstić information content (AvgIpc) is 3.29. The zero-order chi connectivity index (χ0) is 26.0. The van der Waals surface area contributed by atoms with Crippen LogP contribution < -0.4 is 5.32 Å². The van der Waals surface area contributed by atoms with Crippen LogP contribution in [0.15, 0.2) is 54.6 Å². The Hall–Kier alpha value is -3.71. The van der Waals surface area contributed by atoms with Gasteiger partial charge < -0.3 is 14.6 Å². The van der Waals surface area contributed by atoms with Crippen molar-refractivity contribution < 1.29 is 19.1 Å². The monoisotopic (exact) mass is 487 g/mol. The Kier molecular flexibility index (Phi) is 7.13. The summed E-state index contributed by atoms with van der Waals surface area (Å²) >= 11 is 0. The number of imide groups is 1. The first kappa shape index (κ1) is 25.4. The lowest BCUT2D eigenvalue weighted by atomic mass is 9.81. The van der Waals surface area contributed by atoms with Crippen LogP contribution in [-0.2, 0) is 21.6 Å². The highest BCUT2D eigenvalue weighted by Gasteiger charge is 2.54. The number of ether oxygens (including phenoxy) is 1. The Bertz CT molecular complexity index is 1310. The van der Waals surface area contributed by atoms with Crippen molar-refractivity contribution in [1.82, 2.24) is 14.8 Å². The van der Waals surface area contributed by atoms with E-state index in [0.29, 0.717) is 23.3 Å². The third-order valence-electron chi connectivity index (χ3n) is 7.16. The van der Waals surface area contributed by atoms with Crippen LogP contribution in [0.2, 0.25) is 0 Å². The second-order valence-electron chi connectivity index (χ2n) is 9.44. The average molecular weight is 488 g/mol. The number of urea groups is 1. The van der Waals surface area contributed by atoms with E-state index >= 15 is 0 Å². The van der Waals surface area contributed by atoms with E-state index in [-0.39, 0.29) is 12.3 Å². The van der Waals surface area contributed by atoms with Crippen LogP contribution in [0.1, 0.15) is 50.4 Å². The molecule has 3 amide bonds. The van der Waals surface area contributed by atoms with Crippen molar-refractivity contribution in [3.8, 4) is 0 Å². The number of hydrogen-bond donors (Lipinski definition) is 1. The third-order valence-corrected chi connectivity index (χ3v) is 7.16. The smallest absolute Gasteiger partial charge is 0.325 e. The van der Waals surface area contributed by atoms with E-state index in [0.717, 1.165) is 40.4 Å². The summed E-state index contributed by atoms with van der Waals surface area (Å²) in [6.45, 7) is 8.84. The van der Waals surface area contributed by atoms with Crippen molar-refractivity contribution in [2.24, 2.45) is 0 Å². The predicted octanol–water partition coefficient (Wildman–Crippen LogP) is 4.44. The maximum atomic E-state index is 14.0. The van der Waals surface area contributed by atoms with Crippen molar-refractivity contribution in [3.05, 3.63) is 93.8 Å². The highest BCUT2D eigenvalue weighted by molar-refractivity contribution is 6.13. The Morgan fingerprint density at radius 3 is 2.33 bits per heavy atom. The van der Waals surface area contributed by atoms with E-state index in [1.165, 1.54) is 0 Å². The molecule has 7 heteroatoms. The standard InChI is InChI=1S/C29H33N3O4/c1-19-12-13-24(16-20(19)2)29(23-10-7-6-8-11-23)27(34)32(28(35)30-29)18-26(33)25-17-21(3)31(22(25)4)14-9-15-36-5/h6-8,10-13,16-17H,9,14-15,18H2,1-5H3,(H,30,35). The van der Waals surface area contributed by atoms with Crippen LogP contribution in [-0.4, -0.2) is 47.4 Å². The van der Waals surface area contributed by atoms with Crippen molar-refractivity contribution in [2.45, 2.75) is 46.2 Å². The molecule has 1 aliphatic rings. The summed E-state index contributed by atoms with van der Waals surface area (Å²) in [5.41, 5.74) is 4.33. The molecular weight excluding hydrogens is 454 g/mol. The van der Waals surface area contributed by atoms with Gasteiger partial charge in [-0.2, -0.15) is 0 Å². The number of rotatable bonds is 9. The van der Waals surface area contributed by atoms with Gasteiger partial charge in [-0.1, -0.05) is 48.5 Å². The van der Waals surface area contributed by atoms with Crippen LogP contribution >= 0.6 is 0 Å². The van der Waals surface area contributed by atoms with Gasteiger partial charge in [0.1, 0.15) is 0 Å². The fraction of sp³-hybridized carbons (Fsp3) is 0.345. The molecule has 1 aliphatic heterocycles. The van der Waals surface area contributed by atoms with Gasteiger partial charge in [-0.3, -0.25) is 14.5 Å². The number of ketones is 1. The lowest BCUT2D eigenvalue weighted by molar-refractivity contribution is -0.129. The van der Waals surface area contributed by atoms with Crippen molar-refractivity contribution in [1.29, 1.82) is 0 Å². The second-order valence-corrected chi connectivity index (χ2v) is 9.44. The minimum atomic E-state index is -1.39. The Labute approximate surface area is 212 Å². The first-order valence-corrected chi connectivity index (χ1v) is 12.2. The van der Waals surface area contributed by atoms with Crippen LogP contribution in [0.4, 0.5) is 4.79 Å². The molecule has 0 bridgehead atoms. The first-order valence-electron chi connectivity index (χ1n) is 12.2. The number of aryl methyl sites for hydroxylation is 3. The zero-order valence-corrected chi connectivity index (χ0v) is 21.6. The van der Waals surface area contributed by atoms with Crippen LogP contribution in [0.25, 0.3) is 0 Å². The van der Waals surface area contributed by atoms with Crippen LogP contribution in [0.5, 0.6) is 0 Å². The number of aromatic nitrogens is 1. The van der Waals surface area contributed by atoms with E-state index in [9.17, 15) is 14.4 Å². The molecule has 1 fully saturated rings. The second kappa shape index (κ2) is 10.1. The Balaban J connectivity index is 1.68. The van der Waals surface area contributed by atoms with Gasteiger partial charge in [0.2, 0.25) is 0 Å². The maximum absolute atomic E-state index is 14.0. The van der Waals surface area contributed by atoms with Crippen LogP contribution in [0.3, 0.4) is 0 Å². The van der Waals surface area contributed by atoms with Crippen molar-refractivity contribution in [2.75, 3.05) is 20.3 Å². The molecule has 0 spiro atoms. The van der Waals surface area contributed by atoms with E-state index in [4.69, 9.17) is 4.74 Å². The van der Waals surface area contributed by atoms with Gasteiger partial charge in [-0.15, -0.1) is 0 Å². The van der Waals surface area contributed by atoms with Crippen LogP contribution in [0, 0.1) is 27.7 Å². The molecule has 0 aliphatic carbocycles. The molecule has 0 radical (unpaired) electrons. The van der Waals surface area contributed by atoms with E-state index in [1.807, 2.05) is 82.3 Å². The largest absolute Gasteiger partial charge is 0.385 e.